The largest absolute Gasteiger partial charge is 0.480 e. The number of aromatic nitrogens is 2. The zero-order valence-electron chi connectivity index (χ0n) is 12.0. The van der Waals surface area contributed by atoms with Crippen molar-refractivity contribution in [2.45, 2.75) is 64.1 Å². The predicted molar refractivity (Wildman–Crippen MR) is 76.8 cm³/mol. The third-order valence-corrected chi connectivity index (χ3v) is 4.92. The van der Waals surface area contributed by atoms with Crippen LogP contribution in [0.4, 0.5) is 5.95 Å². The van der Waals surface area contributed by atoms with Crippen LogP contribution in [0.5, 0.6) is 0 Å². The molecule has 3 atom stereocenters. The summed E-state index contributed by atoms with van der Waals surface area (Å²) in [7, 11) is 0. The molecule has 2 heterocycles. The quantitative estimate of drug-likeness (QED) is 0.922. The number of rotatable bonds is 3. The molecule has 0 spiro atoms. The molecule has 2 aliphatic rings. The number of carbonyl (C=O) groups is 1. The van der Waals surface area contributed by atoms with Gasteiger partial charge in [0, 0.05) is 25.0 Å². The molecule has 5 nitrogen and oxygen atoms in total. The zero-order valence-corrected chi connectivity index (χ0v) is 12.0. The molecule has 1 aromatic heterocycles. The minimum absolute atomic E-state index is 0.353. The summed E-state index contributed by atoms with van der Waals surface area (Å²) in [5.41, 5.74) is 0. The van der Waals surface area contributed by atoms with Crippen LogP contribution in [0.2, 0.25) is 0 Å². The number of imidazole rings is 1. The van der Waals surface area contributed by atoms with E-state index in [1.165, 1.54) is 19.3 Å². The highest BCUT2D eigenvalue weighted by Gasteiger charge is 2.42. The third kappa shape index (κ3) is 2.19. The van der Waals surface area contributed by atoms with E-state index < -0.39 is 12.0 Å². The van der Waals surface area contributed by atoms with Gasteiger partial charge in [0.25, 0.3) is 0 Å². The highest BCUT2D eigenvalue weighted by molar-refractivity contribution is 5.78. The summed E-state index contributed by atoms with van der Waals surface area (Å²) in [5.74, 6) is 0.775. The summed E-state index contributed by atoms with van der Waals surface area (Å²) >= 11 is 0. The number of piperidine rings is 1. The fourth-order valence-corrected chi connectivity index (χ4v) is 3.95. The highest BCUT2D eigenvalue weighted by atomic mass is 16.4. The fourth-order valence-electron chi connectivity index (χ4n) is 3.95. The molecule has 20 heavy (non-hydrogen) atoms. The SMILES string of the molecule is CCn1ccnc1N1C(C(=O)O)CCC2CCCCC21. The molecule has 3 unspecified atom stereocenters. The van der Waals surface area contributed by atoms with Crippen molar-refractivity contribution in [3.63, 3.8) is 0 Å². The van der Waals surface area contributed by atoms with Crippen LogP contribution in [0.25, 0.3) is 0 Å². The average Bonchev–Trinajstić information content (AvgIpc) is 2.93. The Balaban J connectivity index is 1.97. The van der Waals surface area contributed by atoms with Gasteiger partial charge in [-0.2, -0.15) is 0 Å². The van der Waals surface area contributed by atoms with Gasteiger partial charge in [0.1, 0.15) is 6.04 Å². The van der Waals surface area contributed by atoms with E-state index in [-0.39, 0.29) is 0 Å². The number of carboxylic acid groups (broad SMARTS) is 1. The summed E-state index contributed by atoms with van der Waals surface area (Å²) < 4.78 is 2.06. The van der Waals surface area contributed by atoms with E-state index in [1.54, 1.807) is 6.20 Å². The maximum atomic E-state index is 11.7. The van der Waals surface area contributed by atoms with Crippen LogP contribution in [-0.2, 0) is 11.3 Å². The zero-order chi connectivity index (χ0) is 14.1. The van der Waals surface area contributed by atoms with Gasteiger partial charge in [0.2, 0.25) is 5.95 Å². The minimum atomic E-state index is -0.709. The van der Waals surface area contributed by atoms with Gasteiger partial charge in [0.05, 0.1) is 0 Å². The molecule has 2 fully saturated rings. The number of aryl methyl sites for hydroxylation is 1. The monoisotopic (exact) mass is 277 g/mol. The second-order valence-electron chi connectivity index (χ2n) is 5.96. The molecule has 3 rings (SSSR count). The van der Waals surface area contributed by atoms with E-state index in [0.29, 0.717) is 12.0 Å². The third-order valence-electron chi connectivity index (χ3n) is 4.92. The Morgan fingerprint density at radius 1 is 1.35 bits per heavy atom. The van der Waals surface area contributed by atoms with E-state index >= 15 is 0 Å². The minimum Gasteiger partial charge on any atom is -0.480 e. The lowest BCUT2D eigenvalue weighted by Crippen LogP contribution is -2.56. The predicted octanol–water partition coefficient (Wildman–Crippen LogP) is 2.52. The maximum Gasteiger partial charge on any atom is 0.326 e. The van der Waals surface area contributed by atoms with Crippen molar-refractivity contribution >= 4 is 11.9 Å². The number of nitrogens with zero attached hydrogens (tertiary/aromatic N) is 3. The Morgan fingerprint density at radius 2 is 2.15 bits per heavy atom. The van der Waals surface area contributed by atoms with E-state index in [4.69, 9.17) is 0 Å². The molecule has 1 aliphatic heterocycles. The van der Waals surface area contributed by atoms with Gasteiger partial charge >= 0.3 is 5.97 Å². The van der Waals surface area contributed by atoms with Crippen molar-refractivity contribution in [2.75, 3.05) is 4.90 Å². The van der Waals surface area contributed by atoms with Crippen LogP contribution in [0.3, 0.4) is 0 Å². The van der Waals surface area contributed by atoms with Gasteiger partial charge in [0.15, 0.2) is 0 Å². The van der Waals surface area contributed by atoms with Crippen molar-refractivity contribution in [1.82, 2.24) is 9.55 Å². The number of hydrogen-bond acceptors (Lipinski definition) is 3. The second kappa shape index (κ2) is 5.46. The lowest BCUT2D eigenvalue weighted by atomic mass is 9.76. The van der Waals surface area contributed by atoms with Crippen molar-refractivity contribution in [3.05, 3.63) is 12.4 Å². The number of hydrogen-bond donors (Lipinski definition) is 1. The van der Waals surface area contributed by atoms with Gasteiger partial charge < -0.3 is 14.6 Å². The first-order chi connectivity index (χ1) is 9.72. The van der Waals surface area contributed by atoms with E-state index in [0.717, 1.165) is 31.8 Å². The summed E-state index contributed by atoms with van der Waals surface area (Å²) in [5, 5.41) is 9.58. The molecular weight excluding hydrogens is 254 g/mol. The maximum absolute atomic E-state index is 11.7. The van der Waals surface area contributed by atoms with E-state index in [2.05, 4.69) is 21.4 Å². The van der Waals surface area contributed by atoms with Crippen molar-refractivity contribution in [3.8, 4) is 0 Å². The molecule has 1 N–H and O–H groups in total. The van der Waals surface area contributed by atoms with Gasteiger partial charge in [-0.3, -0.25) is 0 Å². The van der Waals surface area contributed by atoms with Crippen LogP contribution >= 0.6 is 0 Å². The van der Waals surface area contributed by atoms with Crippen LogP contribution in [-0.4, -0.2) is 32.7 Å². The van der Waals surface area contributed by atoms with Gasteiger partial charge in [-0.15, -0.1) is 0 Å². The molecule has 1 saturated carbocycles. The molecule has 0 bridgehead atoms. The molecule has 1 aliphatic carbocycles. The number of fused-ring (bicyclic) bond motifs is 1. The fraction of sp³-hybridized carbons (Fsp3) is 0.733. The molecular formula is C15H23N3O2. The first-order valence-electron chi connectivity index (χ1n) is 7.74. The molecule has 0 aromatic carbocycles. The lowest BCUT2D eigenvalue weighted by molar-refractivity contribution is -0.139. The van der Waals surface area contributed by atoms with Gasteiger partial charge in [-0.05, 0) is 38.5 Å². The van der Waals surface area contributed by atoms with Gasteiger partial charge in [-0.25, -0.2) is 9.78 Å². The summed E-state index contributed by atoms with van der Waals surface area (Å²) in [6.07, 6.45) is 10.3. The Kier molecular flexibility index (Phi) is 3.68. The summed E-state index contributed by atoms with van der Waals surface area (Å²) in [6.45, 7) is 2.90. The molecule has 1 saturated heterocycles. The first kappa shape index (κ1) is 13.5. The molecule has 0 amide bonds. The number of carboxylic acids is 1. The average molecular weight is 277 g/mol. The smallest absolute Gasteiger partial charge is 0.326 e. The molecule has 110 valence electrons. The first-order valence-corrected chi connectivity index (χ1v) is 7.74. The number of anilines is 1. The number of aliphatic carboxylic acids is 1. The van der Waals surface area contributed by atoms with Crippen molar-refractivity contribution in [2.24, 2.45) is 5.92 Å². The van der Waals surface area contributed by atoms with Crippen LogP contribution in [0, 0.1) is 5.92 Å². The Hall–Kier alpha value is -1.52. The molecule has 1 aromatic rings. The summed E-state index contributed by atoms with van der Waals surface area (Å²) in [4.78, 5) is 18.2. The second-order valence-corrected chi connectivity index (χ2v) is 5.96. The lowest BCUT2D eigenvalue weighted by Gasteiger charge is -2.47. The Labute approximate surface area is 119 Å². The Morgan fingerprint density at radius 3 is 2.90 bits per heavy atom. The topological polar surface area (TPSA) is 58.4 Å². The molecule has 0 radical (unpaired) electrons. The standard InChI is InChI=1S/C15H23N3O2/c1-2-17-10-9-16-15(17)18-12-6-4-3-5-11(12)7-8-13(18)14(19)20/h9-13H,2-8H2,1H3,(H,19,20). The van der Waals surface area contributed by atoms with Crippen LogP contribution in [0.15, 0.2) is 12.4 Å². The normalized spacial score (nSPS) is 30.1. The summed E-state index contributed by atoms with van der Waals surface area (Å²) in [6, 6.07) is -0.0617. The van der Waals surface area contributed by atoms with Crippen LogP contribution < -0.4 is 4.90 Å². The van der Waals surface area contributed by atoms with E-state index in [9.17, 15) is 9.90 Å². The Bertz CT molecular complexity index is 485. The van der Waals surface area contributed by atoms with E-state index in [1.807, 2.05) is 6.20 Å². The van der Waals surface area contributed by atoms with Crippen LogP contribution in [0.1, 0.15) is 45.4 Å². The van der Waals surface area contributed by atoms with Crippen molar-refractivity contribution in [1.29, 1.82) is 0 Å². The van der Waals surface area contributed by atoms with Gasteiger partial charge in [-0.1, -0.05) is 12.8 Å². The highest BCUT2D eigenvalue weighted by Crippen LogP contribution is 2.39. The van der Waals surface area contributed by atoms with Crippen molar-refractivity contribution < 1.29 is 9.90 Å². The molecule has 5 heteroatoms.